The van der Waals surface area contributed by atoms with Crippen molar-refractivity contribution in [3.05, 3.63) is 62.3 Å². The van der Waals surface area contributed by atoms with Gasteiger partial charge in [0.15, 0.2) is 0 Å². The molecule has 0 saturated heterocycles. The molecule has 1 N–H and O–H groups in total. The number of para-hydroxylation sites is 1. The van der Waals surface area contributed by atoms with Gasteiger partial charge in [0, 0.05) is 27.4 Å². The Hall–Kier alpha value is -1.11. The summed E-state index contributed by atoms with van der Waals surface area (Å²) in [6, 6.07) is 13.6. The first-order chi connectivity index (χ1) is 10.1. The summed E-state index contributed by atoms with van der Waals surface area (Å²) in [7, 11) is 1.92. The van der Waals surface area contributed by atoms with E-state index in [1.807, 2.05) is 54.2 Å². The average molecular weight is 413 g/mol. The van der Waals surface area contributed by atoms with Crippen LogP contribution >= 0.6 is 34.2 Å². The zero-order valence-corrected chi connectivity index (χ0v) is 14.3. The molecule has 0 bridgehead atoms. The number of hydrogen-bond acceptors (Lipinski definition) is 2. The number of fused-ring (bicyclic) bond motifs is 1. The lowest BCUT2D eigenvalue weighted by Gasteiger charge is -2.12. The molecule has 3 nitrogen and oxygen atoms in total. The van der Waals surface area contributed by atoms with E-state index in [4.69, 9.17) is 11.6 Å². The van der Waals surface area contributed by atoms with E-state index in [-0.39, 0.29) is 0 Å². The maximum Gasteiger partial charge on any atom is 0.0857 e. The lowest BCUT2D eigenvalue weighted by atomic mass is 10.0. The van der Waals surface area contributed by atoms with Crippen LogP contribution in [0.3, 0.4) is 0 Å². The van der Waals surface area contributed by atoms with E-state index in [0.29, 0.717) is 11.4 Å². The molecule has 108 valence electrons. The highest BCUT2D eigenvalue weighted by Crippen LogP contribution is 2.28. The number of aromatic nitrogens is 2. The van der Waals surface area contributed by atoms with Crippen molar-refractivity contribution in [3.8, 4) is 0 Å². The van der Waals surface area contributed by atoms with Crippen molar-refractivity contribution in [2.24, 2.45) is 7.05 Å². The van der Waals surface area contributed by atoms with E-state index in [1.54, 1.807) is 0 Å². The number of aliphatic hydroxyl groups is 1. The maximum atomic E-state index is 10.5. The molecule has 1 atom stereocenters. The molecule has 1 aromatic heterocycles. The summed E-state index contributed by atoms with van der Waals surface area (Å²) in [6.45, 7) is 0. The van der Waals surface area contributed by atoms with Gasteiger partial charge in [0.05, 0.1) is 17.3 Å². The van der Waals surface area contributed by atoms with Crippen LogP contribution in [0.25, 0.3) is 10.9 Å². The van der Waals surface area contributed by atoms with Crippen LogP contribution in [0.2, 0.25) is 5.02 Å². The predicted molar refractivity (Wildman–Crippen MR) is 93.5 cm³/mol. The van der Waals surface area contributed by atoms with E-state index in [0.717, 1.165) is 25.7 Å². The zero-order chi connectivity index (χ0) is 15.0. The van der Waals surface area contributed by atoms with Crippen molar-refractivity contribution < 1.29 is 5.11 Å². The summed E-state index contributed by atoms with van der Waals surface area (Å²) in [6.07, 6.45) is -0.147. The first-order valence-corrected chi connectivity index (χ1v) is 8.05. The highest BCUT2D eigenvalue weighted by Gasteiger charge is 2.16. The second-order valence-corrected chi connectivity index (χ2v) is 6.57. The molecule has 0 radical (unpaired) electrons. The Morgan fingerprint density at radius 1 is 1.29 bits per heavy atom. The monoisotopic (exact) mass is 412 g/mol. The summed E-state index contributed by atoms with van der Waals surface area (Å²) in [5.41, 5.74) is 2.81. The largest absolute Gasteiger partial charge is 0.388 e. The first kappa shape index (κ1) is 14.8. The van der Waals surface area contributed by atoms with Crippen LogP contribution in [-0.2, 0) is 13.5 Å². The average Bonchev–Trinajstić information content (AvgIpc) is 2.78. The molecule has 1 unspecified atom stereocenters. The molecule has 0 amide bonds. The van der Waals surface area contributed by atoms with Crippen LogP contribution in [0.15, 0.2) is 42.5 Å². The van der Waals surface area contributed by atoms with Gasteiger partial charge in [0.2, 0.25) is 0 Å². The first-order valence-electron chi connectivity index (χ1n) is 6.60. The van der Waals surface area contributed by atoms with Crippen molar-refractivity contribution in [1.29, 1.82) is 0 Å². The molecule has 2 aromatic carbocycles. The number of halogens is 2. The quantitative estimate of drug-likeness (QED) is 0.658. The SMILES string of the molecule is Cn1nc(CC(O)c2cc(Cl)ccc2I)c2ccccc21. The molecule has 3 aromatic rings. The van der Waals surface area contributed by atoms with Gasteiger partial charge in [-0.2, -0.15) is 5.10 Å². The fourth-order valence-corrected chi connectivity index (χ4v) is 3.38. The molecule has 0 saturated carbocycles. The minimum atomic E-state index is -0.617. The smallest absolute Gasteiger partial charge is 0.0857 e. The predicted octanol–water partition coefficient (Wildman–Crippen LogP) is 4.11. The van der Waals surface area contributed by atoms with Crippen molar-refractivity contribution in [2.75, 3.05) is 0 Å². The van der Waals surface area contributed by atoms with E-state index in [1.165, 1.54) is 0 Å². The molecule has 1 heterocycles. The van der Waals surface area contributed by atoms with Crippen LogP contribution in [0.1, 0.15) is 17.4 Å². The molecule has 0 fully saturated rings. The Kier molecular flexibility index (Phi) is 4.19. The molecular weight excluding hydrogens is 399 g/mol. The van der Waals surface area contributed by atoms with E-state index in [9.17, 15) is 5.11 Å². The molecule has 0 aliphatic heterocycles. The molecule has 3 rings (SSSR count). The minimum absolute atomic E-state index is 0.470. The molecule has 0 spiro atoms. The van der Waals surface area contributed by atoms with Crippen LogP contribution in [0.4, 0.5) is 0 Å². The zero-order valence-electron chi connectivity index (χ0n) is 11.4. The topological polar surface area (TPSA) is 38.0 Å². The van der Waals surface area contributed by atoms with Crippen molar-refractivity contribution in [2.45, 2.75) is 12.5 Å². The molecule has 0 aliphatic rings. The standard InChI is InChI=1S/C16H14ClIN2O/c1-20-15-5-3-2-4-11(15)14(19-20)9-16(21)12-8-10(17)6-7-13(12)18/h2-8,16,21H,9H2,1H3. The van der Waals surface area contributed by atoms with Gasteiger partial charge in [-0.25, -0.2) is 0 Å². The van der Waals surface area contributed by atoms with Gasteiger partial charge in [-0.1, -0.05) is 29.8 Å². The normalized spacial score (nSPS) is 12.8. The summed E-state index contributed by atoms with van der Waals surface area (Å²) in [5, 5.41) is 16.8. The van der Waals surface area contributed by atoms with Gasteiger partial charge in [-0.3, -0.25) is 4.68 Å². The Bertz CT molecular complexity index is 800. The third kappa shape index (κ3) is 2.93. The minimum Gasteiger partial charge on any atom is -0.388 e. The number of aryl methyl sites for hydroxylation is 1. The molecule has 5 heteroatoms. The Labute approximate surface area is 141 Å². The summed E-state index contributed by atoms with van der Waals surface area (Å²) < 4.78 is 2.85. The second kappa shape index (κ2) is 5.94. The molecule has 21 heavy (non-hydrogen) atoms. The number of rotatable bonds is 3. The van der Waals surface area contributed by atoms with Crippen LogP contribution < -0.4 is 0 Å². The third-order valence-electron chi connectivity index (χ3n) is 3.54. The van der Waals surface area contributed by atoms with E-state index in [2.05, 4.69) is 27.7 Å². The van der Waals surface area contributed by atoms with Crippen LogP contribution in [0, 0.1) is 3.57 Å². The Morgan fingerprint density at radius 2 is 2.05 bits per heavy atom. The van der Waals surface area contributed by atoms with Gasteiger partial charge in [0.1, 0.15) is 0 Å². The number of hydrogen-bond donors (Lipinski definition) is 1. The van der Waals surface area contributed by atoms with Crippen molar-refractivity contribution >= 4 is 45.1 Å². The fraction of sp³-hybridized carbons (Fsp3) is 0.188. The van der Waals surface area contributed by atoms with Gasteiger partial charge in [0.25, 0.3) is 0 Å². The fourth-order valence-electron chi connectivity index (χ4n) is 2.50. The summed E-state index contributed by atoms with van der Waals surface area (Å²) in [4.78, 5) is 0. The van der Waals surface area contributed by atoms with Crippen LogP contribution in [0.5, 0.6) is 0 Å². The van der Waals surface area contributed by atoms with Gasteiger partial charge < -0.3 is 5.11 Å². The Morgan fingerprint density at radius 3 is 2.86 bits per heavy atom. The van der Waals surface area contributed by atoms with E-state index >= 15 is 0 Å². The number of aliphatic hydroxyl groups excluding tert-OH is 1. The summed E-state index contributed by atoms with van der Waals surface area (Å²) >= 11 is 8.24. The number of nitrogens with zero attached hydrogens (tertiary/aromatic N) is 2. The lowest BCUT2D eigenvalue weighted by molar-refractivity contribution is 0.176. The maximum absolute atomic E-state index is 10.5. The van der Waals surface area contributed by atoms with E-state index < -0.39 is 6.10 Å². The highest BCUT2D eigenvalue weighted by atomic mass is 127. The van der Waals surface area contributed by atoms with Crippen molar-refractivity contribution in [1.82, 2.24) is 9.78 Å². The van der Waals surface area contributed by atoms with Gasteiger partial charge >= 0.3 is 0 Å². The highest BCUT2D eigenvalue weighted by molar-refractivity contribution is 14.1. The third-order valence-corrected chi connectivity index (χ3v) is 4.76. The van der Waals surface area contributed by atoms with Gasteiger partial charge in [-0.05, 0) is 52.4 Å². The Balaban J connectivity index is 1.96. The lowest BCUT2D eigenvalue weighted by Crippen LogP contribution is -2.05. The number of benzene rings is 2. The van der Waals surface area contributed by atoms with Crippen LogP contribution in [-0.4, -0.2) is 14.9 Å². The molecule has 0 aliphatic carbocycles. The summed E-state index contributed by atoms with van der Waals surface area (Å²) in [5.74, 6) is 0. The second-order valence-electron chi connectivity index (χ2n) is 4.97. The molecular formula is C16H14ClIN2O. The van der Waals surface area contributed by atoms with Crippen molar-refractivity contribution in [3.63, 3.8) is 0 Å². The van der Waals surface area contributed by atoms with Gasteiger partial charge in [-0.15, -0.1) is 0 Å².